The summed E-state index contributed by atoms with van der Waals surface area (Å²) in [6.45, 7) is 3.02. The number of benzene rings is 2. The average molecular weight is 357 g/mol. The molecule has 0 bridgehead atoms. The molecule has 4 nitrogen and oxygen atoms in total. The lowest BCUT2D eigenvalue weighted by Crippen LogP contribution is -2.33. The number of anilines is 1. The van der Waals surface area contributed by atoms with E-state index in [1.54, 1.807) is 13.2 Å². The summed E-state index contributed by atoms with van der Waals surface area (Å²) in [6.07, 6.45) is 1.84. The van der Waals surface area contributed by atoms with Gasteiger partial charge in [0.05, 0.1) is 18.8 Å². The molecule has 2 aromatic carbocycles. The molecule has 4 rings (SSSR count). The van der Waals surface area contributed by atoms with Gasteiger partial charge in [-0.25, -0.2) is 0 Å². The van der Waals surface area contributed by atoms with Gasteiger partial charge < -0.3 is 4.74 Å². The zero-order chi connectivity index (χ0) is 17.6. The van der Waals surface area contributed by atoms with Gasteiger partial charge in [0.25, 0.3) is 0 Å². The molecule has 1 amide bonds. The first kappa shape index (κ1) is 16.4. The summed E-state index contributed by atoms with van der Waals surface area (Å²) in [5.41, 5.74) is 3.07. The highest BCUT2D eigenvalue weighted by Gasteiger charge is 2.50. The largest absolute Gasteiger partial charge is 0.495 e. The molecule has 0 spiro atoms. The minimum atomic E-state index is -0.117. The third-order valence-electron chi connectivity index (χ3n) is 5.24. The summed E-state index contributed by atoms with van der Waals surface area (Å²) in [6, 6.07) is 13.6. The van der Waals surface area contributed by atoms with Gasteiger partial charge in [0.1, 0.15) is 11.9 Å². The Hall–Kier alpha value is -2.04. The molecule has 0 saturated carbocycles. The molecule has 0 unspecified atom stereocenters. The van der Waals surface area contributed by atoms with Gasteiger partial charge in [-0.3, -0.25) is 14.6 Å². The fourth-order valence-electron chi connectivity index (χ4n) is 4.07. The van der Waals surface area contributed by atoms with Crippen LogP contribution in [0, 0.1) is 6.92 Å². The summed E-state index contributed by atoms with van der Waals surface area (Å²) in [4.78, 5) is 17.4. The maximum atomic E-state index is 13.2. The molecular formula is C20H21ClN2O2. The number of fused-ring (bicyclic) bond motifs is 1. The number of hydrogen-bond donors (Lipinski definition) is 0. The van der Waals surface area contributed by atoms with E-state index in [9.17, 15) is 4.79 Å². The molecular weight excluding hydrogens is 336 g/mol. The van der Waals surface area contributed by atoms with Gasteiger partial charge in [0.2, 0.25) is 5.91 Å². The van der Waals surface area contributed by atoms with Crippen molar-refractivity contribution in [3.63, 3.8) is 0 Å². The Kier molecular flexibility index (Phi) is 4.18. The number of ether oxygens (including phenoxy) is 1. The number of carbonyl (C=O) groups is 1. The number of hydrogen-bond acceptors (Lipinski definition) is 3. The molecule has 130 valence electrons. The topological polar surface area (TPSA) is 32.8 Å². The summed E-state index contributed by atoms with van der Waals surface area (Å²) in [5, 5.41) is 0.596. The summed E-state index contributed by atoms with van der Waals surface area (Å²) < 4.78 is 5.53. The van der Waals surface area contributed by atoms with Gasteiger partial charge in [-0.2, -0.15) is 0 Å². The molecule has 5 heteroatoms. The van der Waals surface area contributed by atoms with Crippen LogP contribution in [0.15, 0.2) is 42.5 Å². The van der Waals surface area contributed by atoms with Crippen molar-refractivity contribution in [2.45, 2.75) is 32.0 Å². The van der Waals surface area contributed by atoms with E-state index in [-0.39, 0.29) is 18.1 Å². The summed E-state index contributed by atoms with van der Waals surface area (Å²) >= 11 is 6.24. The molecule has 0 aromatic heterocycles. The molecule has 2 heterocycles. The van der Waals surface area contributed by atoms with Crippen molar-refractivity contribution in [1.82, 2.24) is 4.90 Å². The average Bonchev–Trinajstić information content (AvgIpc) is 3.18. The number of aryl methyl sites for hydroxylation is 1. The van der Waals surface area contributed by atoms with Crippen molar-refractivity contribution in [2.24, 2.45) is 0 Å². The third kappa shape index (κ3) is 2.60. The summed E-state index contributed by atoms with van der Waals surface area (Å²) in [7, 11) is 1.62. The van der Waals surface area contributed by atoms with E-state index in [0.717, 1.165) is 30.6 Å². The van der Waals surface area contributed by atoms with E-state index in [1.165, 1.54) is 5.56 Å². The minimum Gasteiger partial charge on any atom is -0.495 e. The van der Waals surface area contributed by atoms with Crippen LogP contribution in [-0.4, -0.2) is 30.5 Å². The number of amides is 1. The number of nitrogens with zero attached hydrogens (tertiary/aromatic N) is 2. The second kappa shape index (κ2) is 6.36. The van der Waals surface area contributed by atoms with Crippen molar-refractivity contribution < 1.29 is 9.53 Å². The van der Waals surface area contributed by atoms with Gasteiger partial charge >= 0.3 is 0 Å². The highest BCUT2D eigenvalue weighted by Crippen LogP contribution is 2.46. The molecule has 25 heavy (non-hydrogen) atoms. The number of methoxy groups -OCH3 is 1. The molecule has 0 aliphatic carbocycles. The molecule has 0 N–H and O–H groups in total. The Morgan fingerprint density at radius 1 is 1.20 bits per heavy atom. The quantitative estimate of drug-likeness (QED) is 0.827. The predicted octanol–water partition coefficient (Wildman–Crippen LogP) is 4.17. The van der Waals surface area contributed by atoms with Gasteiger partial charge in [-0.05, 0) is 49.1 Å². The molecule has 2 aliphatic heterocycles. The first-order chi connectivity index (χ1) is 12.1. The van der Waals surface area contributed by atoms with Gasteiger partial charge in [0.15, 0.2) is 0 Å². The third-order valence-corrected chi connectivity index (χ3v) is 5.48. The van der Waals surface area contributed by atoms with E-state index in [2.05, 4.69) is 24.0 Å². The van der Waals surface area contributed by atoms with Crippen LogP contribution in [-0.2, 0) is 4.79 Å². The Morgan fingerprint density at radius 3 is 2.76 bits per heavy atom. The molecule has 0 radical (unpaired) electrons. The number of halogens is 1. The van der Waals surface area contributed by atoms with Crippen LogP contribution in [0.2, 0.25) is 5.02 Å². The fourth-order valence-corrected chi connectivity index (χ4v) is 4.24. The first-order valence-corrected chi connectivity index (χ1v) is 8.97. The second-order valence-corrected chi connectivity index (χ2v) is 7.09. The zero-order valence-corrected chi connectivity index (χ0v) is 15.2. The highest BCUT2D eigenvalue weighted by atomic mass is 35.5. The van der Waals surface area contributed by atoms with Crippen LogP contribution in [0.25, 0.3) is 0 Å². The Bertz CT molecular complexity index is 823. The second-order valence-electron chi connectivity index (χ2n) is 6.65. The van der Waals surface area contributed by atoms with Crippen LogP contribution in [0.4, 0.5) is 5.69 Å². The Balaban J connectivity index is 1.89. The van der Waals surface area contributed by atoms with Crippen molar-refractivity contribution in [1.29, 1.82) is 0 Å². The van der Waals surface area contributed by atoms with Gasteiger partial charge in [-0.15, -0.1) is 0 Å². The number of rotatable bonds is 3. The highest BCUT2D eigenvalue weighted by molar-refractivity contribution is 6.31. The van der Waals surface area contributed by atoms with Crippen molar-refractivity contribution in [3.8, 4) is 5.75 Å². The van der Waals surface area contributed by atoms with Crippen molar-refractivity contribution in [2.75, 3.05) is 18.6 Å². The molecule has 2 aromatic rings. The molecule has 2 aliphatic rings. The lowest BCUT2D eigenvalue weighted by Gasteiger charge is -2.31. The van der Waals surface area contributed by atoms with Gasteiger partial charge in [0, 0.05) is 11.6 Å². The Labute approximate surface area is 152 Å². The molecule has 2 atom stereocenters. The monoisotopic (exact) mass is 356 g/mol. The van der Waals surface area contributed by atoms with E-state index >= 15 is 0 Å². The lowest BCUT2D eigenvalue weighted by atomic mass is 10.0. The van der Waals surface area contributed by atoms with Crippen LogP contribution in [0.3, 0.4) is 0 Å². The minimum absolute atomic E-state index is 0.0618. The zero-order valence-electron chi connectivity index (χ0n) is 14.4. The van der Waals surface area contributed by atoms with Crippen LogP contribution < -0.4 is 9.64 Å². The van der Waals surface area contributed by atoms with Crippen LogP contribution in [0.5, 0.6) is 5.75 Å². The van der Waals surface area contributed by atoms with Crippen molar-refractivity contribution in [3.05, 3.63) is 58.6 Å². The van der Waals surface area contributed by atoms with E-state index in [0.29, 0.717) is 10.8 Å². The van der Waals surface area contributed by atoms with E-state index < -0.39 is 0 Å². The Morgan fingerprint density at radius 2 is 2.00 bits per heavy atom. The number of carbonyl (C=O) groups excluding carboxylic acids is 1. The lowest BCUT2D eigenvalue weighted by molar-refractivity contribution is -0.119. The van der Waals surface area contributed by atoms with Crippen molar-refractivity contribution >= 4 is 23.2 Å². The van der Waals surface area contributed by atoms with E-state index in [4.69, 9.17) is 16.3 Å². The normalized spacial score (nSPS) is 23.2. The maximum absolute atomic E-state index is 13.2. The standard InChI is InChI=1S/C20H21ClN2O2/c1-13-6-3-4-7-15(13)19-22-11-5-8-16(22)20(24)23(19)17-12-14(21)9-10-18(17)25-2/h3-4,6-7,9-10,12,16,19H,5,8,11H2,1-2H3/t16-,19+/m0/s1. The smallest absolute Gasteiger partial charge is 0.246 e. The first-order valence-electron chi connectivity index (χ1n) is 8.59. The van der Waals surface area contributed by atoms with E-state index in [1.807, 2.05) is 29.2 Å². The SMILES string of the molecule is COc1ccc(Cl)cc1N1C(=O)[C@@H]2CCCN2[C@H]1c1ccccc1C. The molecule has 2 fully saturated rings. The predicted molar refractivity (Wildman–Crippen MR) is 99.1 cm³/mol. The fraction of sp³-hybridized carbons (Fsp3) is 0.350. The van der Waals surface area contributed by atoms with Gasteiger partial charge in [-0.1, -0.05) is 35.9 Å². The maximum Gasteiger partial charge on any atom is 0.246 e. The molecule has 2 saturated heterocycles. The van der Waals surface area contributed by atoms with Crippen LogP contribution in [0.1, 0.15) is 30.1 Å². The summed E-state index contributed by atoms with van der Waals surface area (Å²) in [5.74, 6) is 0.795. The van der Waals surface area contributed by atoms with Crippen LogP contribution >= 0.6 is 11.6 Å².